The molecule has 0 spiro atoms. The van der Waals surface area contributed by atoms with E-state index in [0.29, 0.717) is 5.78 Å². The van der Waals surface area contributed by atoms with Crippen LogP contribution in [0.15, 0.2) is 41.6 Å². The van der Waals surface area contributed by atoms with Gasteiger partial charge in [0.1, 0.15) is 17.8 Å². The second-order valence-corrected chi connectivity index (χ2v) is 8.70. The first-order valence-electron chi connectivity index (χ1n) is 11.3. The van der Waals surface area contributed by atoms with E-state index in [1.165, 1.54) is 22.2 Å². The summed E-state index contributed by atoms with van der Waals surface area (Å²) in [6.45, 7) is 6.99. The summed E-state index contributed by atoms with van der Waals surface area (Å²) in [6.07, 6.45) is -0.346. The van der Waals surface area contributed by atoms with Crippen LogP contribution in [0.2, 0.25) is 0 Å². The van der Waals surface area contributed by atoms with Crippen LogP contribution in [-0.4, -0.2) is 76.7 Å². The summed E-state index contributed by atoms with van der Waals surface area (Å²) >= 11 is 0. The van der Waals surface area contributed by atoms with E-state index in [1.54, 1.807) is 6.20 Å². The highest BCUT2D eigenvalue weighted by Crippen LogP contribution is 2.39. The first-order valence-corrected chi connectivity index (χ1v) is 11.3. The van der Waals surface area contributed by atoms with Crippen molar-refractivity contribution < 1.29 is 20.1 Å². The number of H-pyrrole nitrogens is 1. The predicted molar refractivity (Wildman–Crippen MR) is 126 cm³/mol. The summed E-state index contributed by atoms with van der Waals surface area (Å²) < 4.78 is 8.48. The number of nitrogens with one attached hydrogen (secondary N) is 1. The van der Waals surface area contributed by atoms with Crippen LogP contribution in [-0.2, 0) is 4.74 Å². The van der Waals surface area contributed by atoms with Gasteiger partial charge < -0.3 is 29.9 Å². The highest BCUT2D eigenvalue weighted by molar-refractivity contribution is 5.73. The second kappa shape index (κ2) is 8.20. The number of nitrogens with zero attached hydrogens (tertiary/aromatic N) is 5. The Hall–Kier alpha value is -3.25. The minimum atomic E-state index is -1.72. The number of hydrogen-bond donors (Lipinski definition) is 4. The third-order valence-corrected chi connectivity index (χ3v) is 6.63. The van der Waals surface area contributed by atoms with Crippen molar-refractivity contribution in [2.45, 2.75) is 44.8 Å². The smallest absolute Gasteiger partial charge is 0.287 e. The lowest BCUT2D eigenvalue weighted by atomic mass is 9.96. The van der Waals surface area contributed by atoms with Crippen molar-refractivity contribution in [1.29, 1.82) is 0 Å². The number of imidazole rings is 2. The first-order chi connectivity index (χ1) is 16.3. The van der Waals surface area contributed by atoms with Crippen LogP contribution in [0, 0.1) is 0 Å². The maximum Gasteiger partial charge on any atom is 0.287 e. The molecule has 1 aromatic carbocycles. The van der Waals surface area contributed by atoms with Crippen LogP contribution < -0.4 is 10.5 Å². The van der Waals surface area contributed by atoms with Gasteiger partial charge in [0, 0.05) is 25.0 Å². The monoisotopic (exact) mass is 468 g/mol. The molecule has 0 amide bonds. The summed E-state index contributed by atoms with van der Waals surface area (Å²) in [5.74, 6) is 0.305. The van der Waals surface area contributed by atoms with E-state index in [2.05, 4.69) is 33.7 Å². The number of fused-ring (bicyclic) bond motifs is 2. The van der Waals surface area contributed by atoms with E-state index >= 15 is 0 Å². The summed E-state index contributed by atoms with van der Waals surface area (Å²) in [7, 11) is 0. The van der Waals surface area contributed by atoms with E-state index < -0.39 is 30.6 Å². The zero-order valence-electron chi connectivity index (χ0n) is 19.2. The van der Waals surface area contributed by atoms with Gasteiger partial charge in [0.2, 0.25) is 5.78 Å². The van der Waals surface area contributed by atoms with Crippen LogP contribution in [0.4, 0.5) is 5.69 Å². The predicted octanol–water partition coefficient (Wildman–Crippen LogP) is 0.887. The molecule has 4 aromatic rings. The van der Waals surface area contributed by atoms with Gasteiger partial charge in [-0.3, -0.25) is 9.36 Å². The van der Waals surface area contributed by atoms with Crippen molar-refractivity contribution in [3.63, 3.8) is 0 Å². The topological polar surface area (TPSA) is 141 Å². The third kappa shape index (κ3) is 3.31. The first kappa shape index (κ1) is 22.5. The average molecular weight is 469 g/mol. The number of benzene rings is 1. The van der Waals surface area contributed by atoms with Crippen LogP contribution in [0.5, 0.6) is 0 Å². The Morgan fingerprint density at radius 3 is 2.56 bits per heavy atom. The van der Waals surface area contributed by atoms with Gasteiger partial charge in [-0.15, -0.1) is 0 Å². The zero-order valence-corrected chi connectivity index (χ0v) is 19.2. The molecule has 1 aliphatic heterocycles. The number of aromatic amines is 1. The molecular formula is C23H28N6O5. The molecular weight excluding hydrogens is 440 g/mol. The summed E-state index contributed by atoms with van der Waals surface area (Å²) in [5, 5.41) is 30.6. The molecule has 4 heterocycles. The molecule has 1 aliphatic rings. The molecule has 11 heteroatoms. The lowest BCUT2D eigenvalue weighted by Crippen LogP contribution is -2.44. The van der Waals surface area contributed by atoms with E-state index in [4.69, 9.17) is 4.74 Å². The SMILES string of the molecule is CCN(CC)c1ccc(-c2cn3c(=O)c4ncn([C@@H]5O[C@H](CO)[C@@H](O)[C@@]5(C)O)c4nc3[nH]2)cc1. The van der Waals surface area contributed by atoms with Crippen LogP contribution in [0.3, 0.4) is 0 Å². The van der Waals surface area contributed by atoms with Gasteiger partial charge in [0.15, 0.2) is 17.4 Å². The van der Waals surface area contributed by atoms with Gasteiger partial charge in [0.05, 0.1) is 18.6 Å². The number of aliphatic hydroxyl groups excluding tert-OH is 2. The maximum absolute atomic E-state index is 13.2. The van der Waals surface area contributed by atoms with E-state index in [0.717, 1.165) is 30.0 Å². The highest BCUT2D eigenvalue weighted by Gasteiger charge is 2.53. The fourth-order valence-electron chi connectivity index (χ4n) is 4.62. The van der Waals surface area contributed by atoms with Crippen molar-refractivity contribution in [2.24, 2.45) is 0 Å². The second-order valence-electron chi connectivity index (χ2n) is 8.70. The number of hydrogen-bond acceptors (Lipinski definition) is 8. The number of aliphatic hydroxyl groups is 3. The molecule has 4 N–H and O–H groups in total. The minimum absolute atomic E-state index is 0.0984. The van der Waals surface area contributed by atoms with Crippen LogP contribution >= 0.6 is 0 Å². The average Bonchev–Trinajstić information content (AvgIpc) is 3.51. The third-order valence-electron chi connectivity index (χ3n) is 6.63. The Bertz CT molecular complexity index is 1380. The molecule has 11 nitrogen and oxygen atoms in total. The van der Waals surface area contributed by atoms with Gasteiger partial charge in [-0.1, -0.05) is 12.1 Å². The molecule has 34 heavy (non-hydrogen) atoms. The van der Waals surface area contributed by atoms with Crippen molar-refractivity contribution in [1.82, 2.24) is 23.9 Å². The molecule has 3 aromatic heterocycles. The number of rotatable bonds is 6. The minimum Gasteiger partial charge on any atom is -0.394 e. The molecule has 5 rings (SSSR count). The number of anilines is 1. The molecule has 4 atom stereocenters. The Balaban J connectivity index is 1.57. The van der Waals surface area contributed by atoms with Crippen molar-refractivity contribution in [3.05, 3.63) is 47.1 Å². The normalized spacial score (nSPS) is 24.9. The Labute approximate surface area is 194 Å². The Morgan fingerprint density at radius 2 is 1.94 bits per heavy atom. The lowest BCUT2D eigenvalue weighted by Gasteiger charge is -2.27. The van der Waals surface area contributed by atoms with Crippen molar-refractivity contribution >= 4 is 22.6 Å². The van der Waals surface area contributed by atoms with Gasteiger partial charge in [-0.25, -0.2) is 9.38 Å². The lowest BCUT2D eigenvalue weighted by molar-refractivity contribution is -0.0950. The molecule has 1 fully saturated rings. The fraction of sp³-hybridized carbons (Fsp3) is 0.435. The number of ether oxygens (including phenoxy) is 1. The molecule has 1 saturated heterocycles. The fourth-order valence-corrected chi connectivity index (χ4v) is 4.62. The maximum atomic E-state index is 13.2. The van der Waals surface area contributed by atoms with Gasteiger partial charge >= 0.3 is 0 Å². The van der Waals surface area contributed by atoms with Crippen LogP contribution in [0.1, 0.15) is 27.0 Å². The molecule has 0 unspecified atom stereocenters. The largest absolute Gasteiger partial charge is 0.394 e. The summed E-state index contributed by atoms with van der Waals surface area (Å²) in [6, 6.07) is 8.06. The molecule has 0 bridgehead atoms. The van der Waals surface area contributed by atoms with Gasteiger partial charge in [-0.2, -0.15) is 4.98 Å². The Kier molecular flexibility index (Phi) is 5.44. The Morgan fingerprint density at radius 1 is 1.24 bits per heavy atom. The quantitative estimate of drug-likeness (QED) is 0.327. The van der Waals surface area contributed by atoms with Crippen molar-refractivity contribution in [2.75, 3.05) is 24.6 Å². The zero-order chi connectivity index (χ0) is 24.2. The standard InChI is InChI=1S/C23H28N6O5/c1-4-27(5-2)14-8-6-13(7-9-14)15-10-28-20(32)17-19(26-22(28)25-15)29(12-24-17)21-23(3,33)18(31)16(11-30)34-21/h6-10,12,16,18,21,30-31,33H,4-5,11H2,1-3H3,(H,25,26)/t16-,18-,21-,23-/m1/s1. The van der Waals surface area contributed by atoms with Gasteiger partial charge in [-0.05, 0) is 38.5 Å². The summed E-state index contributed by atoms with van der Waals surface area (Å²) in [5.41, 5.74) is 0.940. The van der Waals surface area contributed by atoms with E-state index in [9.17, 15) is 20.1 Å². The highest BCUT2D eigenvalue weighted by atomic mass is 16.6. The molecule has 0 radical (unpaired) electrons. The molecule has 0 aliphatic carbocycles. The van der Waals surface area contributed by atoms with Crippen molar-refractivity contribution in [3.8, 4) is 11.3 Å². The van der Waals surface area contributed by atoms with Gasteiger partial charge in [0.25, 0.3) is 5.56 Å². The number of aromatic nitrogens is 5. The summed E-state index contributed by atoms with van der Waals surface area (Å²) in [4.78, 5) is 27.4. The van der Waals surface area contributed by atoms with E-state index in [-0.39, 0.29) is 16.7 Å². The van der Waals surface area contributed by atoms with E-state index in [1.807, 2.05) is 24.3 Å². The van der Waals surface area contributed by atoms with Crippen LogP contribution in [0.25, 0.3) is 28.2 Å². The molecule has 0 saturated carbocycles. The molecule has 180 valence electrons.